The molecule has 29 heavy (non-hydrogen) atoms. The molecule has 1 aromatic carbocycles. The molecule has 7 heteroatoms. The highest BCUT2D eigenvalue weighted by Gasteiger charge is 2.14. The monoisotopic (exact) mass is 408 g/mol. The van der Waals surface area contributed by atoms with Crippen molar-refractivity contribution in [3.05, 3.63) is 41.7 Å². The van der Waals surface area contributed by atoms with Crippen LogP contribution in [-0.4, -0.2) is 34.6 Å². The minimum absolute atomic E-state index is 0.602. The van der Waals surface area contributed by atoms with Gasteiger partial charge in [0.05, 0.1) is 16.3 Å². The third-order valence-corrected chi connectivity index (χ3v) is 6.30. The Morgan fingerprint density at radius 1 is 1.07 bits per heavy atom. The number of thiazole rings is 1. The Morgan fingerprint density at radius 2 is 1.90 bits per heavy atom. The fraction of sp³-hybridized carbons (Fsp3) is 0.409. The van der Waals surface area contributed by atoms with Crippen LogP contribution in [0.15, 0.2) is 30.5 Å². The summed E-state index contributed by atoms with van der Waals surface area (Å²) in [5.41, 5.74) is 5.50. The molecule has 3 heterocycles. The van der Waals surface area contributed by atoms with E-state index in [9.17, 15) is 0 Å². The molecule has 0 radical (unpaired) electrons. The molecule has 2 aromatic heterocycles. The highest BCUT2D eigenvalue weighted by molar-refractivity contribution is 7.19. The lowest BCUT2D eigenvalue weighted by molar-refractivity contribution is 0.577. The maximum atomic E-state index is 4.72. The third kappa shape index (κ3) is 4.50. The predicted molar refractivity (Wildman–Crippen MR) is 123 cm³/mol. The second-order valence-corrected chi connectivity index (χ2v) is 8.40. The van der Waals surface area contributed by atoms with E-state index in [1.54, 1.807) is 17.5 Å². The molecule has 0 amide bonds. The topological polar surface area (TPSA) is 66.0 Å². The number of anilines is 4. The Balaban J connectivity index is 1.53. The normalized spacial score (nSPS) is 14.1. The number of nitrogens with one attached hydrogen (secondary N) is 2. The largest absolute Gasteiger partial charge is 0.371 e. The SMILES string of the molecule is CCNc1nc(C)c(-c2ccnc(Nc3ccc(N4CCCCC4)c(C)c3)n2)s1. The summed E-state index contributed by atoms with van der Waals surface area (Å²) in [4.78, 5) is 17.3. The van der Waals surface area contributed by atoms with Crippen LogP contribution in [0.1, 0.15) is 37.4 Å². The highest BCUT2D eigenvalue weighted by Crippen LogP contribution is 2.32. The Bertz CT molecular complexity index is 977. The predicted octanol–water partition coefficient (Wildman–Crippen LogP) is 5.38. The van der Waals surface area contributed by atoms with Crippen molar-refractivity contribution in [3.63, 3.8) is 0 Å². The minimum atomic E-state index is 0.602. The van der Waals surface area contributed by atoms with Crippen molar-refractivity contribution in [1.29, 1.82) is 0 Å². The lowest BCUT2D eigenvalue weighted by Crippen LogP contribution is -2.29. The van der Waals surface area contributed by atoms with E-state index < -0.39 is 0 Å². The highest BCUT2D eigenvalue weighted by atomic mass is 32.1. The summed E-state index contributed by atoms with van der Waals surface area (Å²) in [7, 11) is 0. The van der Waals surface area contributed by atoms with Crippen molar-refractivity contribution in [1.82, 2.24) is 15.0 Å². The number of rotatable bonds is 6. The molecule has 0 spiro atoms. The van der Waals surface area contributed by atoms with Gasteiger partial charge in [-0.25, -0.2) is 15.0 Å². The van der Waals surface area contributed by atoms with Gasteiger partial charge in [0.25, 0.3) is 0 Å². The van der Waals surface area contributed by atoms with Crippen LogP contribution >= 0.6 is 11.3 Å². The fourth-order valence-electron chi connectivity index (χ4n) is 3.76. The zero-order valence-corrected chi connectivity index (χ0v) is 18.1. The molecule has 1 fully saturated rings. The summed E-state index contributed by atoms with van der Waals surface area (Å²) >= 11 is 1.63. The van der Waals surface area contributed by atoms with Crippen LogP contribution in [0.4, 0.5) is 22.5 Å². The van der Waals surface area contributed by atoms with Gasteiger partial charge >= 0.3 is 0 Å². The Morgan fingerprint density at radius 3 is 2.66 bits per heavy atom. The molecule has 1 saturated heterocycles. The summed E-state index contributed by atoms with van der Waals surface area (Å²) < 4.78 is 0. The van der Waals surface area contributed by atoms with E-state index in [1.807, 2.05) is 13.0 Å². The Hall–Kier alpha value is -2.67. The first-order valence-corrected chi connectivity index (χ1v) is 11.1. The van der Waals surface area contributed by atoms with Crippen LogP contribution in [0.2, 0.25) is 0 Å². The lowest BCUT2D eigenvalue weighted by Gasteiger charge is -2.30. The molecule has 1 aliphatic heterocycles. The van der Waals surface area contributed by atoms with Crippen LogP contribution in [0.3, 0.4) is 0 Å². The van der Waals surface area contributed by atoms with Crippen LogP contribution in [0.5, 0.6) is 0 Å². The summed E-state index contributed by atoms with van der Waals surface area (Å²) in [6, 6.07) is 8.45. The zero-order chi connectivity index (χ0) is 20.2. The van der Waals surface area contributed by atoms with Gasteiger partial charge in [0.1, 0.15) is 0 Å². The molecule has 0 saturated carbocycles. The maximum absolute atomic E-state index is 4.72. The molecule has 3 aromatic rings. The van der Waals surface area contributed by atoms with Gasteiger partial charge in [-0.05, 0) is 69.9 Å². The molecular formula is C22H28N6S. The second kappa shape index (κ2) is 8.78. The zero-order valence-electron chi connectivity index (χ0n) is 17.3. The van der Waals surface area contributed by atoms with Crippen molar-refractivity contribution >= 4 is 33.8 Å². The molecule has 0 aliphatic carbocycles. The summed E-state index contributed by atoms with van der Waals surface area (Å²) in [5, 5.41) is 7.57. The number of aryl methyl sites for hydroxylation is 2. The number of nitrogens with zero attached hydrogens (tertiary/aromatic N) is 4. The molecule has 4 rings (SSSR count). The molecular weight excluding hydrogens is 380 g/mol. The molecule has 1 aliphatic rings. The fourth-order valence-corrected chi connectivity index (χ4v) is 4.76. The van der Waals surface area contributed by atoms with E-state index in [2.05, 4.69) is 57.5 Å². The van der Waals surface area contributed by atoms with Crippen LogP contribution in [0.25, 0.3) is 10.6 Å². The number of aromatic nitrogens is 3. The standard InChI is InChI=1S/C22H28N6S/c1-4-23-22-25-16(3)20(29-22)18-10-11-24-21(27-18)26-17-8-9-19(15(2)14-17)28-12-6-5-7-13-28/h8-11,14H,4-7,12-13H2,1-3H3,(H,23,25)(H,24,26,27). The first-order valence-electron chi connectivity index (χ1n) is 10.3. The number of piperidine rings is 1. The number of hydrogen-bond donors (Lipinski definition) is 2. The number of hydrogen-bond acceptors (Lipinski definition) is 7. The molecule has 6 nitrogen and oxygen atoms in total. The average Bonchev–Trinajstić information content (AvgIpc) is 3.09. The summed E-state index contributed by atoms with van der Waals surface area (Å²) in [6.07, 6.45) is 5.71. The van der Waals surface area contributed by atoms with E-state index >= 15 is 0 Å². The van der Waals surface area contributed by atoms with Crippen LogP contribution in [0, 0.1) is 13.8 Å². The smallest absolute Gasteiger partial charge is 0.227 e. The van der Waals surface area contributed by atoms with Gasteiger partial charge in [-0.15, -0.1) is 0 Å². The van der Waals surface area contributed by atoms with E-state index in [0.717, 1.165) is 46.7 Å². The van der Waals surface area contributed by atoms with Gasteiger partial charge < -0.3 is 15.5 Å². The van der Waals surface area contributed by atoms with Gasteiger partial charge in [-0.3, -0.25) is 0 Å². The molecule has 0 bridgehead atoms. The second-order valence-electron chi connectivity index (χ2n) is 7.40. The van der Waals surface area contributed by atoms with Gasteiger partial charge in [0.15, 0.2) is 5.13 Å². The van der Waals surface area contributed by atoms with Gasteiger partial charge in [0.2, 0.25) is 5.95 Å². The van der Waals surface area contributed by atoms with Crippen molar-refractivity contribution in [3.8, 4) is 10.6 Å². The van der Waals surface area contributed by atoms with E-state index in [-0.39, 0.29) is 0 Å². The molecule has 0 atom stereocenters. The molecule has 2 N–H and O–H groups in total. The maximum Gasteiger partial charge on any atom is 0.227 e. The van der Waals surface area contributed by atoms with E-state index in [4.69, 9.17) is 4.98 Å². The first kappa shape index (κ1) is 19.6. The third-order valence-electron chi connectivity index (χ3n) is 5.16. The first-order chi connectivity index (χ1) is 14.1. The van der Waals surface area contributed by atoms with Gasteiger partial charge in [-0.1, -0.05) is 11.3 Å². The Labute approximate surface area is 176 Å². The van der Waals surface area contributed by atoms with Crippen LogP contribution in [-0.2, 0) is 0 Å². The van der Waals surface area contributed by atoms with E-state index in [0.29, 0.717) is 5.95 Å². The molecule has 0 unspecified atom stereocenters. The van der Waals surface area contributed by atoms with Crippen molar-refractivity contribution < 1.29 is 0 Å². The van der Waals surface area contributed by atoms with Crippen molar-refractivity contribution in [2.75, 3.05) is 35.2 Å². The van der Waals surface area contributed by atoms with Crippen molar-refractivity contribution in [2.24, 2.45) is 0 Å². The van der Waals surface area contributed by atoms with Crippen molar-refractivity contribution in [2.45, 2.75) is 40.0 Å². The lowest BCUT2D eigenvalue weighted by atomic mass is 10.1. The minimum Gasteiger partial charge on any atom is -0.371 e. The number of benzene rings is 1. The van der Waals surface area contributed by atoms with Gasteiger partial charge in [0, 0.05) is 37.2 Å². The quantitative estimate of drug-likeness (QED) is 0.571. The summed E-state index contributed by atoms with van der Waals surface area (Å²) in [6.45, 7) is 9.43. The summed E-state index contributed by atoms with van der Waals surface area (Å²) in [5.74, 6) is 0.602. The van der Waals surface area contributed by atoms with Gasteiger partial charge in [-0.2, -0.15) is 0 Å². The van der Waals surface area contributed by atoms with Crippen LogP contribution < -0.4 is 15.5 Å². The van der Waals surface area contributed by atoms with E-state index in [1.165, 1.54) is 30.5 Å². The average molecular weight is 409 g/mol. The Kier molecular flexibility index (Phi) is 5.94. The molecule has 152 valence electrons.